The molecule has 0 aromatic heterocycles. The third-order valence-corrected chi connectivity index (χ3v) is 2.89. The minimum Gasteiger partial charge on any atom is -0.366 e. The standard InChI is InChI=1S/C13H15ClN2O2/c1-7-4-10(9(3)13(15)18)11(5-8(7)2)16-12(17)6-14/h4-5H,3,6H2,1-2H3,(H2,15,18)(H,16,17). The van der Waals surface area contributed by atoms with Crippen LogP contribution in [0, 0.1) is 13.8 Å². The van der Waals surface area contributed by atoms with Crippen LogP contribution in [0.2, 0.25) is 0 Å². The first-order valence-corrected chi connectivity index (χ1v) is 5.86. The zero-order valence-electron chi connectivity index (χ0n) is 10.3. The van der Waals surface area contributed by atoms with Gasteiger partial charge in [-0.1, -0.05) is 6.58 Å². The number of carbonyl (C=O) groups excluding carboxylic acids is 2. The third-order valence-electron chi connectivity index (χ3n) is 2.65. The van der Waals surface area contributed by atoms with Crippen molar-refractivity contribution in [1.82, 2.24) is 0 Å². The number of hydrogen-bond donors (Lipinski definition) is 2. The van der Waals surface area contributed by atoms with E-state index in [9.17, 15) is 9.59 Å². The Morgan fingerprint density at radius 3 is 2.39 bits per heavy atom. The molecular formula is C13H15ClN2O2. The first-order chi connectivity index (χ1) is 8.36. The van der Waals surface area contributed by atoms with E-state index in [2.05, 4.69) is 11.9 Å². The first-order valence-electron chi connectivity index (χ1n) is 5.33. The van der Waals surface area contributed by atoms with E-state index >= 15 is 0 Å². The number of benzene rings is 1. The Kier molecular flexibility index (Phi) is 4.50. The molecule has 1 aromatic carbocycles. The van der Waals surface area contributed by atoms with Crippen molar-refractivity contribution in [2.24, 2.45) is 5.73 Å². The Morgan fingerprint density at radius 1 is 1.33 bits per heavy atom. The van der Waals surface area contributed by atoms with Crippen molar-refractivity contribution in [1.29, 1.82) is 0 Å². The topological polar surface area (TPSA) is 72.2 Å². The number of amides is 2. The van der Waals surface area contributed by atoms with E-state index < -0.39 is 5.91 Å². The number of carbonyl (C=O) groups is 2. The molecule has 0 saturated heterocycles. The van der Waals surface area contributed by atoms with Crippen LogP contribution in [0.5, 0.6) is 0 Å². The molecule has 3 N–H and O–H groups in total. The van der Waals surface area contributed by atoms with E-state index in [1.165, 1.54) is 0 Å². The van der Waals surface area contributed by atoms with Gasteiger partial charge in [-0.15, -0.1) is 11.6 Å². The van der Waals surface area contributed by atoms with Gasteiger partial charge in [0.15, 0.2) is 0 Å². The number of aryl methyl sites for hydroxylation is 2. The van der Waals surface area contributed by atoms with Crippen molar-refractivity contribution in [3.63, 3.8) is 0 Å². The summed E-state index contributed by atoms with van der Waals surface area (Å²) in [6.07, 6.45) is 0. The molecule has 0 aliphatic heterocycles. The Bertz CT molecular complexity index is 524. The largest absolute Gasteiger partial charge is 0.366 e. The number of hydrogen-bond acceptors (Lipinski definition) is 2. The summed E-state index contributed by atoms with van der Waals surface area (Å²) >= 11 is 5.44. The molecule has 0 spiro atoms. The quantitative estimate of drug-likeness (QED) is 0.646. The van der Waals surface area contributed by atoms with E-state index in [0.29, 0.717) is 11.3 Å². The second kappa shape index (κ2) is 5.69. The predicted octanol–water partition coefficient (Wildman–Crippen LogP) is 1.98. The number of anilines is 1. The van der Waals surface area contributed by atoms with Crippen molar-refractivity contribution in [3.8, 4) is 0 Å². The van der Waals surface area contributed by atoms with Crippen molar-refractivity contribution >= 4 is 34.7 Å². The maximum Gasteiger partial charge on any atom is 0.248 e. The maximum atomic E-state index is 11.3. The number of nitrogens with two attached hydrogens (primary N) is 1. The minimum atomic E-state index is -0.625. The number of alkyl halides is 1. The molecule has 5 heteroatoms. The zero-order chi connectivity index (χ0) is 13.9. The summed E-state index contributed by atoms with van der Waals surface area (Å²) in [6, 6.07) is 3.54. The van der Waals surface area contributed by atoms with Gasteiger partial charge < -0.3 is 11.1 Å². The number of halogens is 1. The molecule has 96 valence electrons. The van der Waals surface area contributed by atoms with Crippen LogP contribution in [0.15, 0.2) is 18.7 Å². The van der Waals surface area contributed by atoms with Crippen molar-refractivity contribution in [3.05, 3.63) is 35.4 Å². The van der Waals surface area contributed by atoms with Crippen LogP contribution in [0.25, 0.3) is 5.57 Å². The highest BCUT2D eigenvalue weighted by Crippen LogP contribution is 2.26. The second-order valence-electron chi connectivity index (χ2n) is 4.01. The highest BCUT2D eigenvalue weighted by atomic mass is 35.5. The highest BCUT2D eigenvalue weighted by molar-refractivity contribution is 6.29. The van der Waals surface area contributed by atoms with Gasteiger partial charge in [-0.05, 0) is 37.1 Å². The zero-order valence-corrected chi connectivity index (χ0v) is 11.1. The Labute approximate surface area is 111 Å². The number of primary amides is 1. The highest BCUT2D eigenvalue weighted by Gasteiger charge is 2.14. The Hall–Kier alpha value is -1.81. The monoisotopic (exact) mass is 266 g/mol. The molecule has 0 aliphatic rings. The van der Waals surface area contributed by atoms with Gasteiger partial charge in [-0.3, -0.25) is 9.59 Å². The summed E-state index contributed by atoms with van der Waals surface area (Å²) < 4.78 is 0. The lowest BCUT2D eigenvalue weighted by Gasteiger charge is -2.13. The fourth-order valence-corrected chi connectivity index (χ4v) is 1.55. The first kappa shape index (κ1) is 14.3. The number of rotatable bonds is 4. The Morgan fingerprint density at radius 2 is 1.89 bits per heavy atom. The number of nitrogens with one attached hydrogen (secondary N) is 1. The van der Waals surface area contributed by atoms with Crippen LogP contribution in [0.4, 0.5) is 5.69 Å². The van der Waals surface area contributed by atoms with Crippen molar-refractivity contribution in [2.75, 3.05) is 11.2 Å². The van der Waals surface area contributed by atoms with Gasteiger partial charge in [-0.2, -0.15) is 0 Å². The minimum absolute atomic E-state index is 0.156. The summed E-state index contributed by atoms with van der Waals surface area (Å²) in [4.78, 5) is 22.5. The maximum absolute atomic E-state index is 11.3. The Balaban J connectivity index is 3.29. The SMILES string of the molecule is C=C(C(N)=O)c1cc(C)c(C)cc1NC(=O)CCl. The lowest BCUT2D eigenvalue weighted by Crippen LogP contribution is -2.17. The van der Waals surface area contributed by atoms with Crippen LogP contribution in [-0.2, 0) is 9.59 Å². The molecular weight excluding hydrogens is 252 g/mol. The summed E-state index contributed by atoms with van der Waals surface area (Å²) in [6.45, 7) is 7.44. The van der Waals surface area contributed by atoms with Gasteiger partial charge >= 0.3 is 0 Å². The second-order valence-corrected chi connectivity index (χ2v) is 4.27. The molecule has 18 heavy (non-hydrogen) atoms. The van der Waals surface area contributed by atoms with Gasteiger partial charge in [0.1, 0.15) is 5.88 Å². The summed E-state index contributed by atoms with van der Waals surface area (Å²) in [7, 11) is 0. The van der Waals surface area contributed by atoms with Crippen LogP contribution in [-0.4, -0.2) is 17.7 Å². The van der Waals surface area contributed by atoms with E-state index in [1.54, 1.807) is 12.1 Å². The average Bonchev–Trinajstić information content (AvgIpc) is 2.32. The lowest BCUT2D eigenvalue weighted by atomic mass is 9.98. The van der Waals surface area contributed by atoms with E-state index in [4.69, 9.17) is 17.3 Å². The summed E-state index contributed by atoms with van der Waals surface area (Å²) in [5, 5.41) is 2.62. The van der Waals surface area contributed by atoms with E-state index in [1.807, 2.05) is 13.8 Å². The smallest absolute Gasteiger partial charge is 0.248 e. The molecule has 4 nitrogen and oxygen atoms in total. The van der Waals surface area contributed by atoms with Gasteiger partial charge in [0.05, 0.1) is 0 Å². The molecule has 0 heterocycles. The lowest BCUT2D eigenvalue weighted by molar-refractivity contribution is -0.114. The van der Waals surface area contributed by atoms with Gasteiger partial charge in [-0.25, -0.2) is 0 Å². The molecule has 0 radical (unpaired) electrons. The molecule has 1 aromatic rings. The molecule has 2 amide bonds. The van der Waals surface area contributed by atoms with Crippen molar-refractivity contribution < 1.29 is 9.59 Å². The van der Waals surface area contributed by atoms with Crippen LogP contribution in [0.1, 0.15) is 16.7 Å². The summed E-state index contributed by atoms with van der Waals surface area (Å²) in [5.74, 6) is -1.13. The van der Waals surface area contributed by atoms with Crippen LogP contribution >= 0.6 is 11.6 Å². The fourth-order valence-electron chi connectivity index (χ4n) is 1.49. The molecule has 0 atom stereocenters. The molecule has 0 unspecified atom stereocenters. The summed E-state index contributed by atoms with van der Waals surface area (Å²) in [5.41, 5.74) is 8.35. The van der Waals surface area contributed by atoms with Gasteiger partial charge in [0.2, 0.25) is 11.8 Å². The average molecular weight is 267 g/mol. The van der Waals surface area contributed by atoms with E-state index in [-0.39, 0.29) is 17.4 Å². The van der Waals surface area contributed by atoms with Gasteiger partial charge in [0, 0.05) is 16.8 Å². The van der Waals surface area contributed by atoms with Gasteiger partial charge in [0.25, 0.3) is 0 Å². The van der Waals surface area contributed by atoms with Crippen LogP contribution in [0.3, 0.4) is 0 Å². The van der Waals surface area contributed by atoms with E-state index in [0.717, 1.165) is 11.1 Å². The fraction of sp³-hybridized carbons (Fsp3) is 0.231. The molecule has 0 aliphatic carbocycles. The molecule has 0 saturated carbocycles. The predicted molar refractivity (Wildman–Crippen MR) is 73.5 cm³/mol. The molecule has 0 bridgehead atoms. The molecule has 0 fully saturated rings. The molecule has 1 rings (SSSR count). The van der Waals surface area contributed by atoms with Crippen molar-refractivity contribution in [2.45, 2.75) is 13.8 Å². The third kappa shape index (κ3) is 3.11. The normalized spacial score (nSPS) is 9.94. The van der Waals surface area contributed by atoms with Crippen LogP contribution < -0.4 is 11.1 Å².